The lowest BCUT2D eigenvalue weighted by Crippen LogP contribution is -2.35. The van der Waals surface area contributed by atoms with Crippen molar-refractivity contribution in [1.82, 2.24) is 4.90 Å². The number of anilines is 1. The number of fused-ring (bicyclic) bond motifs is 1. The van der Waals surface area contributed by atoms with Gasteiger partial charge in [0.15, 0.2) is 0 Å². The molecule has 0 aromatic heterocycles. The summed E-state index contributed by atoms with van der Waals surface area (Å²) in [4.78, 5) is 15.1. The summed E-state index contributed by atoms with van der Waals surface area (Å²) in [6.45, 7) is 8.43. The molecule has 1 amide bonds. The summed E-state index contributed by atoms with van der Waals surface area (Å²) < 4.78 is 11.7. The number of hydrogen-bond donors (Lipinski definition) is 1. The van der Waals surface area contributed by atoms with Crippen LogP contribution in [0.4, 0.5) is 5.69 Å². The Morgan fingerprint density at radius 3 is 2.59 bits per heavy atom. The normalized spacial score (nSPS) is 22.0. The van der Waals surface area contributed by atoms with Crippen LogP contribution >= 0.6 is 0 Å². The molecule has 2 aromatic carbocycles. The maximum atomic E-state index is 12.7. The largest absolute Gasteiger partial charge is 0.482 e. The number of rotatable bonds is 3. The van der Waals surface area contributed by atoms with Gasteiger partial charge in [-0.3, -0.25) is 9.69 Å². The van der Waals surface area contributed by atoms with Crippen LogP contribution in [0.15, 0.2) is 54.3 Å². The molecule has 3 aliphatic rings. The van der Waals surface area contributed by atoms with Crippen molar-refractivity contribution in [3.8, 4) is 6.07 Å². The molecule has 0 unspecified atom stereocenters. The summed E-state index contributed by atoms with van der Waals surface area (Å²) in [5.41, 5.74) is 5.17. The molecule has 0 aliphatic carbocycles. The molecule has 3 aliphatic heterocycles. The van der Waals surface area contributed by atoms with Crippen LogP contribution < -0.4 is 5.32 Å². The molecule has 0 radical (unpaired) electrons. The Morgan fingerprint density at radius 2 is 1.88 bits per heavy atom. The summed E-state index contributed by atoms with van der Waals surface area (Å²) >= 11 is 0. The van der Waals surface area contributed by atoms with Gasteiger partial charge in [-0.25, -0.2) is 0 Å². The topological polar surface area (TPSA) is 74.6 Å². The molecule has 1 saturated heterocycles. The molecule has 32 heavy (non-hydrogen) atoms. The number of hydrogen-bond acceptors (Lipinski definition) is 5. The first-order chi connectivity index (χ1) is 15.4. The highest BCUT2D eigenvalue weighted by Gasteiger charge is 2.38. The molecule has 1 fully saturated rings. The van der Waals surface area contributed by atoms with Gasteiger partial charge in [-0.1, -0.05) is 24.3 Å². The highest BCUT2D eigenvalue weighted by molar-refractivity contribution is 6.32. The van der Waals surface area contributed by atoms with Crippen LogP contribution in [-0.2, 0) is 20.8 Å². The van der Waals surface area contributed by atoms with Crippen molar-refractivity contribution in [3.05, 3.63) is 76.6 Å². The fourth-order valence-electron chi connectivity index (χ4n) is 4.51. The first-order valence-corrected chi connectivity index (χ1v) is 10.9. The molecule has 3 heterocycles. The second kappa shape index (κ2) is 7.94. The van der Waals surface area contributed by atoms with Crippen LogP contribution in [0.2, 0.25) is 0 Å². The van der Waals surface area contributed by atoms with Gasteiger partial charge >= 0.3 is 0 Å². The number of carbonyl (C=O) groups excluding carboxylic acids is 1. The predicted octanol–water partition coefficient (Wildman–Crippen LogP) is 3.95. The zero-order valence-electron chi connectivity index (χ0n) is 18.3. The standard InChI is InChI=1S/C26H25N3O3/c1-26(2)21(19-6-3-17(4-7-19)16-29-9-11-31-12-10-29)14-23(32-26)24-20-13-18(15-27)5-8-22(20)28-25(24)30/h3-8,13-14H,9-12,16H2,1-2H3,(H,28,30). The summed E-state index contributed by atoms with van der Waals surface area (Å²) in [7, 11) is 0. The van der Waals surface area contributed by atoms with Crippen molar-refractivity contribution in [2.24, 2.45) is 0 Å². The highest BCUT2D eigenvalue weighted by Crippen LogP contribution is 2.44. The molecule has 0 spiro atoms. The number of nitrogens with one attached hydrogen (secondary N) is 1. The van der Waals surface area contributed by atoms with Crippen molar-refractivity contribution in [3.63, 3.8) is 0 Å². The summed E-state index contributed by atoms with van der Waals surface area (Å²) in [6.07, 6.45) is 1.96. The van der Waals surface area contributed by atoms with Gasteiger partial charge in [-0.05, 0) is 49.2 Å². The minimum atomic E-state index is -0.579. The van der Waals surface area contributed by atoms with E-state index in [2.05, 4.69) is 40.6 Å². The van der Waals surface area contributed by atoms with Crippen LogP contribution in [0.1, 0.15) is 36.1 Å². The maximum Gasteiger partial charge on any atom is 0.260 e. The zero-order valence-corrected chi connectivity index (χ0v) is 18.3. The first kappa shape index (κ1) is 20.5. The van der Waals surface area contributed by atoms with Gasteiger partial charge in [0.1, 0.15) is 11.4 Å². The second-order valence-corrected chi connectivity index (χ2v) is 8.82. The van der Waals surface area contributed by atoms with Crippen molar-refractivity contribution < 1.29 is 14.3 Å². The zero-order chi connectivity index (χ0) is 22.3. The molecule has 6 heteroatoms. The minimum Gasteiger partial charge on any atom is -0.482 e. The Balaban J connectivity index is 1.47. The molecule has 0 atom stereocenters. The van der Waals surface area contributed by atoms with E-state index in [-0.39, 0.29) is 5.91 Å². The summed E-state index contributed by atoms with van der Waals surface area (Å²) in [6, 6.07) is 15.9. The van der Waals surface area contributed by atoms with E-state index in [4.69, 9.17) is 9.47 Å². The third-order valence-corrected chi connectivity index (χ3v) is 6.20. The average Bonchev–Trinajstić information content (AvgIpc) is 3.29. The lowest BCUT2D eigenvalue weighted by molar-refractivity contribution is -0.111. The van der Waals surface area contributed by atoms with E-state index in [1.165, 1.54) is 5.56 Å². The molecule has 0 bridgehead atoms. The second-order valence-electron chi connectivity index (χ2n) is 8.82. The molecule has 0 saturated carbocycles. The van der Waals surface area contributed by atoms with E-state index < -0.39 is 5.60 Å². The number of allylic oxidation sites excluding steroid dienone is 1. The van der Waals surface area contributed by atoms with E-state index in [1.54, 1.807) is 18.2 Å². The summed E-state index contributed by atoms with van der Waals surface area (Å²) in [5, 5.41) is 12.1. The average molecular weight is 428 g/mol. The van der Waals surface area contributed by atoms with Crippen LogP contribution in [0.25, 0.3) is 11.1 Å². The Bertz CT molecular complexity index is 1180. The van der Waals surface area contributed by atoms with Gasteiger partial charge < -0.3 is 14.8 Å². The summed E-state index contributed by atoms with van der Waals surface area (Å²) in [5.74, 6) is 0.327. The number of carbonyl (C=O) groups is 1. The van der Waals surface area contributed by atoms with Crippen molar-refractivity contribution in [2.45, 2.75) is 26.0 Å². The number of morpholine rings is 1. The third-order valence-electron chi connectivity index (χ3n) is 6.20. The van der Waals surface area contributed by atoms with E-state index in [0.29, 0.717) is 28.1 Å². The monoisotopic (exact) mass is 427 g/mol. The van der Waals surface area contributed by atoms with E-state index >= 15 is 0 Å². The molecule has 162 valence electrons. The van der Waals surface area contributed by atoms with E-state index in [0.717, 1.165) is 44.0 Å². The SMILES string of the molecule is CC1(C)OC(=C2C(=O)Nc3ccc(C#N)cc32)C=C1c1ccc(CN2CCOCC2)cc1. The molecular formula is C26H25N3O3. The Kier molecular flexibility index (Phi) is 5.09. The van der Waals surface area contributed by atoms with Gasteiger partial charge in [-0.2, -0.15) is 5.26 Å². The lowest BCUT2D eigenvalue weighted by atomic mass is 9.91. The van der Waals surface area contributed by atoms with Gasteiger partial charge in [-0.15, -0.1) is 0 Å². The van der Waals surface area contributed by atoms with Crippen LogP contribution in [0.3, 0.4) is 0 Å². The van der Waals surface area contributed by atoms with Crippen molar-refractivity contribution in [2.75, 3.05) is 31.6 Å². The number of nitriles is 1. The minimum absolute atomic E-state index is 0.209. The fourth-order valence-corrected chi connectivity index (χ4v) is 4.51. The van der Waals surface area contributed by atoms with Crippen LogP contribution in [-0.4, -0.2) is 42.7 Å². The Hall–Kier alpha value is -3.40. The predicted molar refractivity (Wildman–Crippen MR) is 122 cm³/mol. The lowest BCUT2D eigenvalue weighted by Gasteiger charge is -2.27. The van der Waals surface area contributed by atoms with Crippen molar-refractivity contribution in [1.29, 1.82) is 5.26 Å². The Morgan fingerprint density at radius 1 is 1.12 bits per heavy atom. The molecule has 1 N–H and O–H groups in total. The Labute approximate surface area is 187 Å². The molecule has 5 rings (SSSR count). The van der Waals surface area contributed by atoms with Gasteiger partial charge in [0.05, 0.1) is 30.4 Å². The maximum absolute atomic E-state index is 12.7. The quantitative estimate of drug-likeness (QED) is 0.751. The third kappa shape index (κ3) is 3.70. The molecule has 2 aromatic rings. The van der Waals surface area contributed by atoms with Crippen molar-refractivity contribution >= 4 is 22.7 Å². The number of amides is 1. The first-order valence-electron chi connectivity index (χ1n) is 10.9. The van der Waals surface area contributed by atoms with E-state index in [9.17, 15) is 10.1 Å². The van der Waals surface area contributed by atoms with E-state index in [1.807, 2.05) is 19.9 Å². The van der Waals surface area contributed by atoms with Crippen LogP contribution in [0.5, 0.6) is 0 Å². The smallest absolute Gasteiger partial charge is 0.260 e. The highest BCUT2D eigenvalue weighted by atomic mass is 16.5. The van der Waals surface area contributed by atoms with Gasteiger partial charge in [0, 0.05) is 36.5 Å². The van der Waals surface area contributed by atoms with Gasteiger partial charge in [0.2, 0.25) is 0 Å². The van der Waals surface area contributed by atoms with Gasteiger partial charge in [0.25, 0.3) is 5.91 Å². The van der Waals surface area contributed by atoms with Crippen LogP contribution in [0, 0.1) is 11.3 Å². The molecular weight excluding hydrogens is 402 g/mol. The number of benzene rings is 2. The number of ether oxygens (including phenoxy) is 2. The fraction of sp³-hybridized carbons (Fsp3) is 0.308. The molecule has 6 nitrogen and oxygen atoms in total. The number of nitrogens with zero attached hydrogens (tertiary/aromatic N) is 2.